The maximum atomic E-state index is 13.4. The van der Waals surface area contributed by atoms with Gasteiger partial charge in [0.2, 0.25) is 10.0 Å². The SMILES string of the molecule is CCC1CCCCN1S(=O)(=O)c1cc(F)ccc1CN. The highest BCUT2D eigenvalue weighted by Crippen LogP contribution is 2.29. The van der Waals surface area contributed by atoms with E-state index < -0.39 is 15.8 Å². The second-order valence-corrected chi connectivity index (χ2v) is 6.99. The number of hydrogen-bond acceptors (Lipinski definition) is 3. The summed E-state index contributed by atoms with van der Waals surface area (Å²) in [6, 6.07) is 3.78. The fraction of sp³-hybridized carbons (Fsp3) is 0.571. The van der Waals surface area contributed by atoms with Crippen LogP contribution >= 0.6 is 0 Å². The molecule has 0 spiro atoms. The lowest BCUT2D eigenvalue weighted by Crippen LogP contribution is -2.43. The molecule has 0 aliphatic carbocycles. The van der Waals surface area contributed by atoms with E-state index in [-0.39, 0.29) is 17.5 Å². The lowest BCUT2D eigenvalue weighted by molar-refractivity contribution is 0.246. The molecule has 1 aliphatic rings. The van der Waals surface area contributed by atoms with Gasteiger partial charge in [0, 0.05) is 19.1 Å². The highest BCUT2D eigenvalue weighted by molar-refractivity contribution is 7.89. The smallest absolute Gasteiger partial charge is 0.243 e. The Balaban J connectivity index is 2.46. The van der Waals surface area contributed by atoms with Crippen molar-refractivity contribution in [2.45, 2.75) is 50.1 Å². The van der Waals surface area contributed by atoms with E-state index in [2.05, 4.69) is 0 Å². The van der Waals surface area contributed by atoms with E-state index in [1.54, 1.807) is 0 Å². The van der Waals surface area contributed by atoms with Gasteiger partial charge in [-0.15, -0.1) is 0 Å². The van der Waals surface area contributed by atoms with Gasteiger partial charge in [0.15, 0.2) is 0 Å². The number of nitrogens with zero attached hydrogens (tertiary/aromatic N) is 1. The number of rotatable bonds is 4. The minimum atomic E-state index is -3.68. The van der Waals surface area contributed by atoms with Crippen LogP contribution in [-0.4, -0.2) is 25.3 Å². The Morgan fingerprint density at radius 2 is 2.15 bits per heavy atom. The molecule has 1 atom stereocenters. The summed E-state index contributed by atoms with van der Waals surface area (Å²) in [5, 5.41) is 0. The van der Waals surface area contributed by atoms with Gasteiger partial charge in [0.1, 0.15) is 5.82 Å². The minimum absolute atomic E-state index is 0.00245. The number of sulfonamides is 1. The van der Waals surface area contributed by atoms with Gasteiger partial charge < -0.3 is 5.73 Å². The number of piperidine rings is 1. The number of halogens is 1. The van der Waals surface area contributed by atoms with E-state index in [9.17, 15) is 12.8 Å². The Labute approximate surface area is 119 Å². The van der Waals surface area contributed by atoms with E-state index in [0.29, 0.717) is 12.1 Å². The second kappa shape index (κ2) is 6.20. The highest BCUT2D eigenvalue weighted by atomic mass is 32.2. The Morgan fingerprint density at radius 1 is 1.40 bits per heavy atom. The molecule has 1 fully saturated rings. The van der Waals surface area contributed by atoms with Crippen LogP contribution in [0.25, 0.3) is 0 Å². The maximum absolute atomic E-state index is 13.4. The van der Waals surface area contributed by atoms with Crippen molar-refractivity contribution in [3.8, 4) is 0 Å². The first kappa shape index (κ1) is 15.4. The van der Waals surface area contributed by atoms with Gasteiger partial charge in [0.05, 0.1) is 4.90 Å². The van der Waals surface area contributed by atoms with Crippen molar-refractivity contribution in [1.82, 2.24) is 4.31 Å². The molecule has 1 unspecified atom stereocenters. The van der Waals surface area contributed by atoms with Gasteiger partial charge >= 0.3 is 0 Å². The number of benzene rings is 1. The predicted molar refractivity (Wildman–Crippen MR) is 76.1 cm³/mol. The van der Waals surface area contributed by atoms with Crippen LogP contribution < -0.4 is 5.73 Å². The number of hydrogen-bond donors (Lipinski definition) is 1. The largest absolute Gasteiger partial charge is 0.326 e. The monoisotopic (exact) mass is 300 g/mol. The Morgan fingerprint density at radius 3 is 2.80 bits per heavy atom. The summed E-state index contributed by atoms with van der Waals surface area (Å²) in [6.07, 6.45) is 3.52. The summed E-state index contributed by atoms with van der Waals surface area (Å²) >= 11 is 0. The van der Waals surface area contributed by atoms with Crippen LogP contribution in [0.15, 0.2) is 23.1 Å². The van der Waals surface area contributed by atoms with E-state index in [0.717, 1.165) is 31.7 Å². The molecule has 2 rings (SSSR count). The summed E-state index contributed by atoms with van der Waals surface area (Å²) in [7, 11) is -3.68. The molecule has 6 heteroatoms. The quantitative estimate of drug-likeness (QED) is 0.927. The third-order valence-corrected chi connectivity index (χ3v) is 5.91. The fourth-order valence-electron chi connectivity index (χ4n) is 2.76. The van der Waals surface area contributed by atoms with Gasteiger partial charge in [0.25, 0.3) is 0 Å². The average Bonchev–Trinajstić information content (AvgIpc) is 2.47. The summed E-state index contributed by atoms with van der Waals surface area (Å²) in [5.74, 6) is -0.550. The number of nitrogens with two attached hydrogens (primary N) is 1. The Bertz CT molecular complexity index is 575. The van der Waals surface area contributed by atoms with Crippen molar-refractivity contribution in [2.24, 2.45) is 5.73 Å². The van der Waals surface area contributed by atoms with Crippen LogP contribution in [0.1, 0.15) is 38.2 Å². The van der Waals surface area contributed by atoms with Crippen LogP contribution in [-0.2, 0) is 16.6 Å². The van der Waals surface area contributed by atoms with Crippen molar-refractivity contribution in [3.63, 3.8) is 0 Å². The van der Waals surface area contributed by atoms with E-state index in [4.69, 9.17) is 5.73 Å². The molecule has 0 amide bonds. The molecule has 0 radical (unpaired) electrons. The van der Waals surface area contributed by atoms with Gasteiger partial charge in [-0.25, -0.2) is 12.8 Å². The first-order valence-corrected chi connectivity index (χ1v) is 8.45. The Hall–Kier alpha value is -0.980. The molecular weight excluding hydrogens is 279 g/mol. The molecule has 0 saturated carbocycles. The average molecular weight is 300 g/mol. The molecule has 0 aromatic heterocycles. The van der Waals surface area contributed by atoms with Crippen molar-refractivity contribution in [2.75, 3.05) is 6.54 Å². The summed E-state index contributed by atoms with van der Waals surface area (Å²) < 4.78 is 40.5. The van der Waals surface area contributed by atoms with Crippen LogP contribution in [0.3, 0.4) is 0 Å². The predicted octanol–water partition coefficient (Wildman–Crippen LogP) is 2.24. The zero-order valence-electron chi connectivity index (χ0n) is 11.7. The van der Waals surface area contributed by atoms with E-state index in [1.807, 2.05) is 6.92 Å². The topological polar surface area (TPSA) is 63.4 Å². The third-order valence-electron chi connectivity index (χ3n) is 3.88. The van der Waals surface area contributed by atoms with Crippen LogP contribution in [0.5, 0.6) is 0 Å². The van der Waals surface area contributed by atoms with Gasteiger partial charge in [-0.3, -0.25) is 0 Å². The molecule has 4 nitrogen and oxygen atoms in total. The first-order chi connectivity index (χ1) is 9.50. The second-order valence-electron chi connectivity index (χ2n) is 5.13. The zero-order valence-corrected chi connectivity index (χ0v) is 12.5. The third kappa shape index (κ3) is 2.87. The molecule has 112 valence electrons. The van der Waals surface area contributed by atoms with Gasteiger partial charge in [-0.05, 0) is 37.0 Å². The molecule has 0 bridgehead atoms. The molecule has 2 N–H and O–H groups in total. The van der Waals surface area contributed by atoms with Gasteiger partial charge in [-0.2, -0.15) is 4.31 Å². The summed E-state index contributed by atoms with van der Waals surface area (Å²) in [5.41, 5.74) is 6.05. The lowest BCUT2D eigenvalue weighted by atomic mass is 10.0. The van der Waals surface area contributed by atoms with Crippen molar-refractivity contribution >= 4 is 10.0 Å². The fourth-order valence-corrected chi connectivity index (χ4v) is 4.78. The molecule has 1 heterocycles. The minimum Gasteiger partial charge on any atom is -0.326 e. The van der Waals surface area contributed by atoms with Crippen LogP contribution in [0, 0.1) is 5.82 Å². The molecule has 1 aromatic carbocycles. The van der Waals surface area contributed by atoms with Crippen molar-refractivity contribution in [3.05, 3.63) is 29.6 Å². The highest BCUT2D eigenvalue weighted by Gasteiger charge is 2.33. The van der Waals surface area contributed by atoms with Crippen LogP contribution in [0.2, 0.25) is 0 Å². The standard InChI is InChI=1S/C14H21FN2O2S/c1-2-13-5-3-4-8-17(13)20(18,19)14-9-12(15)7-6-11(14)10-16/h6-7,9,13H,2-5,8,10,16H2,1H3. The normalized spacial score (nSPS) is 21.1. The molecule has 20 heavy (non-hydrogen) atoms. The van der Waals surface area contributed by atoms with Crippen molar-refractivity contribution < 1.29 is 12.8 Å². The molecular formula is C14H21FN2O2S. The lowest BCUT2D eigenvalue weighted by Gasteiger charge is -2.34. The Kier molecular flexibility index (Phi) is 4.78. The molecule has 1 saturated heterocycles. The molecule has 1 aromatic rings. The van der Waals surface area contributed by atoms with E-state index in [1.165, 1.54) is 16.4 Å². The zero-order chi connectivity index (χ0) is 14.8. The summed E-state index contributed by atoms with van der Waals surface area (Å²) in [6.45, 7) is 2.56. The van der Waals surface area contributed by atoms with E-state index >= 15 is 0 Å². The van der Waals surface area contributed by atoms with Gasteiger partial charge in [-0.1, -0.05) is 19.4 Å². The first-order valence-electron chi connectivity index (χ1n) is 7.01. The van der Waals surface area contributed by atoms with Crippen molar-refractivity contribution in [1.29, 1.82) is 0 Å². The summed E-state index contributed by atoms with van der Waals surface area (Å²) in [4.78, 5) is 0.0142. The van der Waals surface area contributed by atoms with Crippen LogP contribution in [0.4, 0.5) is 4.39 Å². The molecule has 1 aliphatic heterocycles. The maximum Gasteiger partial charge on any atom is 0.243 e.